The smallest absolute Gasteiger partial charge is 0.340 e. The van der Waals surface area contributed by atoms with Crippen LogP contribution in [0.4, 0.5) is 23.2 Å². The molecule has 1 heterocycles. The van der Waals surface area contributed by atoms with Crippen molar-refractivity contribution in [2.24, 2.45) is 5.73 Å². The average molecular weight is 371 g/mol. The van der Waals surface area contributed by atoms with Gasteiger partial charge in [-0.3, -0.25) is 4.79 Å². The lowest BCUT2D eigenvalue weighted by molar-refractivity contribution is -0.148. The van der Waals surface area contributed by atoms with Crippen molar-refractivity contribution in [2.75, 3.05) is 11.9 Å². The molecule has 1 aromatic heterocycles. The average Bonchev–Trinajstić information content (AvgIpc) is 2.61. The first-order valence-corrected chi connectivity index (χ1v) is 7.63. The predicted molar refractivity (Wildman–Crippen MR) is 87.3 cm³/mol. The molecule has 2 aromatic rings. The molecule has 0 spiro atoms. The highest BCUT2D eigenvalue weighted by Gasteiger charge is 2.41. The van der Waals surface area contributed by atoms with E-state index in [0.717, 1.165) is 5.56 Å². The van der Waals surface area contributed by atoms with Crippen LogP contribution in [0, 0.1) is 0 Å². The van der Waals surface area contributed by atoms with Gasteiger partial charge in [0.15, 0.2) is 6.61 Å². The van der Waals surface area contributed by atoms with Crippen LogP contribution in [0.15, 0.2) is 48.7 Å². The number of halogens is 4. The van der Waals surface area contributed by atoms with Crippen LogP contribution in [-0.4, -0.2) is 29.8 Å². The van der Waals surface area contributed by atoms with E-state index >= 15 is 0 Å². The number of benzene rings is 1. The number of hydrogen-bond acceptors (Lipinski definition) is 4. The maximum Gasteiger partial charge on any atom is 0.340 e. The van der Waals surface area contributed by atoms with E-state index in [0.29, 0.717) is 5.69 Å². The van der Waals surface area contributed by atoms with E-state index in [1.54, 1.807) is 12.1 Å². The highest BCUT2D eigenvalue weighted by molar-refractivity contribution is 5.91. The molecule has 0 fully saturated rings. The first-order chi connectivity index (χ1) is 12.3. The number of carbonyl (C=O) groups is 1. The SMILES string of the molecule is NC(CC(=O)Nc1ccc(OCC(F)(F)C(F)F)nc1)c1ccccc1. The van der Waals surface area contributed by atoms with Crippen LogP contribution in [0.2, 0.25) is 0 Å². The quantitative estimate of drug-likeness (QED) is 0.698. The van der Waals surface area contributed by atoms with E-state index in [-0.39, 0.29) is 18.2 Å². The van der Waals surface area contributed by atoms with Crippen LogP contribution in [-0.2, 0) is 4.79 Å². The zero-order chi connectivity index (χ0) is 19.2. The van der Waals surface area contributed by atoms with Gasteiger partial charge in [-0.1, -0.05) is 30.3 Å². The molecule has 1 aromatic carbocycles. The molecule has 0 aliphatic rings. The summed E-state index contributed by atoms with van der Waals surface area (Å²) in [4.78, 5) is 15.7. The molecule has 140 valence electrons. The van der Waals surface area contributed by atoms with Gasteiger partial charge in [-0.2, -0.15) is 8.78 Å². The number of nitrogens with one attached hydrogen (secondary N) is 1. The fourth-order valence-electron chi connectivity index (χ4n) is 2.00. The summed E-state index contributed by atoms with van der Waals surface area (Å²) in [5.41, 5.74) is 7.05. The molecule has 0 radical (unpaired) electrons. The van der Waals surface area contributed by atoms with Crippen LogP contribution in [0.5, 0.6) is 5.88 Å². The Kier molecular flexibility index (Phi) is 6.51. The Balaban J connectivity index is 1.85. The van der Waals surface area contributed by atoms with Crippen LogP contribution < -0.4 is 15.8 Å². The Bertz CT molecular complexity index is 712. The Hall–Kier alpha value is -2.68. The summed E-state index contributed by atoms with van der Waals surface area (Å²) in [6.07, 6.45) is -2.63. The van der Waals surface area contributed by atoms with Crippen LogP contribution >= 0.6 is 0 Å². The largest absolute Gasteiger partial charge is 0.471 e. The third-order valence-electron chi connectivity index (χ3n) is 3.38. The van der Waals surface area contributed by atoms with Gasteiger partial charge in [0.25, 0.3) is 0 Å². The number of anilines is 1. The van der Waals surface area contributed by atoms with Gasteiger partial charge < -0.3 is 15.8 Å². The highest BCUT2D eigenvalue weighted by atomic mass is 19.3. The molecule has 1 unspecified atom stereocenters. The number of nitrogens with two attached hydrogens (primary N) is 1. The van der Waals surface area contributed by atoms with Crippen molar-refractivity contribution < 1.29 is 27.1 Å². The highest BCUT2D eigenvalue weighted by Crippen LogP contribution is 2.24. The van der Waals surface area contributed by atoms with E-state index in [9.17, 15) is 22.4 Å². The predicted octanol–water partition coefficient (Wildman–Crippen LogP) is 3.39. The van der Waals surface area contributed by atoms with Gasteiger partial charge in [-0.05, 0) is 11.6 Å². The summed E-state index contributed by atoms with van der Waals surface area (Å²) >= 11 is 0. The molecule has 0 saturated carbocycles. The maximum atomic E-state index is 12.8. The molecule has 0 aliphatic heterocycles. The molecule has 2 rings (SSSR count). The van der Waals surface area contributed by atoms with Crippen LogP contribution in [0.3, 0.4) is 0 Å². The van der Waals surface area contributed by atoms with Gasteiger partial charge in [0.2, 0.25) is 11.8 Å². The molecule has 0 aliphatic carbocycles. The summed E-state index contributed by atoms with van der Waals surface area (Å²) < 4.78 is 54.2. The molecule has 26 heavy (non-hydrogen) atoms. The van der Waals surface area contributed by atoms with Crippen LogP contribution in [0.25, 0.3) is 0 Å². The van der Waals surface area contributed by atoms with Crippen molar-refractivity contribution in [3.05, 3.63) is 54.2 Å². The van der Waals surface area contributed by atoms with E-state index < -0.39 is 25.0 Å². The van der Waals surface area contributed by atoms with Gasteiger partial charge in [-0.25, -0.2) is 13.8 Å². The van der Waals surface area contributed by atoms with Gasteiger partial charge in [-0.15, -0.1) is 0 Å². The number of pyridine rings is 1. The fraction of sp³-hybridized carbons (Fsp3) is 0.294. The lowest BCUT2D eigenvalue weighted by atomic mass is 10.0. The second-order valence-electron chi connectivity index (χ2n) is 5.50. The minimum atomic E-state index is -4.26. The van der Waals surface area contributed by atoms with Crippen LogP contribution in [0.1, 0.15) is 18.0 Å². The topological polar surface area (TPSA) is 77.2 Å². The van der Waals surface area contributed by atoms with Crippen molar-refractivity contribution in [3.63, 3.8) is 0 Å². The summed E-state index contributed by atoms with van der Waals surface area (Å²) in [5.74, 6) is -4.88. The number of nitrogens with zero attached hydrogens (tertiary/aromatic N) is 1. The summed E-state index contributed by atoms with van der Waals surface area (Å²) in [7, 11) is 0. The zero-order valence-electron chi connectivity index (χ0n) is 13.5. The Labute approximate surface area is 147 Å². The van der Waals surface area contributed by atoms with Crippen molar-refractivity contribution >= 4 is 11.6 Å². The fourth-order valence-corrected chi connectivity index (χ4v) is 2.00. The molecule has 5 nitrogen and oxygen atoms in total. The normalized spacial score (nSPS) is 12.7. The Morgan fingerprint density at radius 2 is 1.88 bits per heavy atom. The third-order valence-corrected chi connectivity index (χ3v) is 3.38. The molecule has 1 atom stereocenters. The summed E-state index contributed by atoms with van der Waals surface area (Å²) in [5, 5.41) is 2.56. The number of amides is 1. The third kappa shape index (κ3) is 5.69. The molecule has 9 heteroatoms. The Morgan fingerprint density at radius 1 is 1.19 bits per heavy atom. The summed E-state index contributed by atoms with van der Waals surface area (Å²) in [6, 6.07) is 11.1. The van der Waals surface area contributed by atoms with Gasteiger partial charge in [0, 0.05) is 18.5 Å². The Morgan fingerprint density at radius 3 is 2.46 bits per heavy atom. The lowest BCUT2D eigenvalue weighted by Gasteiger charge is -2.15. The molecule has 0 saturated heterocycles. The van der Waals surface area contributed by atoms with E-state index in [1.165, 1.54) is 18.3 Å². The van der Waals surface area contributed by atoms with E-state index in [2.05, 4.69) is 15.0 Å². The number of hydrogen-bond donors (Lipinski definition) is 2. The molecule has 1 amide bonds. The molecular formula is C17H17F4N3O2. The second kappa shape index (κ2) is 8.61. The van der Waals surface area contributed by atoms with Gasteiger partial charge in [0.05, 0.1) is 11.9 Å². The van der Waals surface area contributed by atoms with Gasteiger partial charge in [0.1, 0.15) is 0 Å². The molecule has 3 N–H and O–H groups in total. The minimum Gasteiger partial charge on any atom is -0.471 e. The minimum absolute atomic E-state index is 0.0306. The number of aromatic nitrogens is 1. The van der Waals surface area contributed by atoms with Crippen molar-refractivity contribution in [1.29, 1.82) is 0 Å². The first kappa shape index (κ1) is 19.6. The lowest BCUT2D eigenvalue weighted by Crippen LogP contribution is -2.33. The monoisotopic (exact) mass is 371 g/mol. The number of carbonyl (C=O) groups excluding carboxylic acids is 1. The maximum absolute atomic E-state index is 12.8. The van der Waals surface area contributed by atoms with Crippen molar-refractivity contribution in [2.45, 2.75) is 24.8 Å². The number of ether oxygens (including phenoxy) is 1. The standard InChI is InChI=1S/C17H17F4N3O2/c18-16(19)17(20,21)10-26-15-7-6-12(9-23-15)24-14(25)8-13(22)11-4-2-1-3-5-11/h1-7,9,13,16H,8,10,22H2,(H,24,25). The van der Waals surface area contributed by atoms with Crippen molar-refractivity contribution in [3.8, 4) is 5.88 Å². The van der Waals surface area contributed by atoms with Gasteiger partial charge >= 0.3 is 12.3 Å². The van der Waals surface area contributed by atoms with Crippen molar-refractivity contribution in [1.82, 2.24) is 4.98 Å². The number of rotatable bonds is 8. The zero-order valence-corrected chi connectivity index (χ0v) is 13.5. The summed E-state index contributed by atoms with van der Waals surface area (Å²) in [6.45, 7) is -1.49. The number of alkyl halides is 4. The van der Waals surface area contributed by atoms with E-state index in [1.807, 2.05) is 18.2 Å². The molecule has 0 bridgehead atoms. The van der Waals surface area contributed by atoms with E-state index in [4.69, 9.17) is 5.73 Å². The molecular weight excluding hydrogens is 354 g/mol. The first-order valence-electron chi connectivity index (χ1n) is 7.63. The second-order valence-corrected chi connectivity index (χ2v) is 5.50.